The highest BCUT2D eigenvalue weighted by Crippen LogP contribution is 2.20. The van der Waals surface area contributed by atoms with Crippen LogP contribution >= 0.6 is 11.6 Å². The molecule has 1 amide bonds. The zero-order chi connectivity index (χ0) is 15.4. The molecule has 1 saturated heterocycles. The van der Waals surface area contributed by atoms with Gasteiger partial charge in [0.2, 0.25) is 5.95 Å². The Bertz CT molecular complexity index is 504. The number of aliphatic hydroxyl groups excluding tert-OH is 1. The normalized spacial score (nSPS) is 16.1. The van der Waals surface area contributed by atoms with Crippen LogP contribution in [0.25, 0.3) is 0 Å². The van der Waals surface area contributed by atoms with Gasteiger partial charge in [0, 0.05) is 26.7 Å². The maximum Gasteiger partial charge on any atom is 0.273 e. The predicted octanol–water partition coefficient (Wildman–Crippen LogP) is 1.57. The van der Waals surface area contributed by atoms with Gasteiger partial charge in [-0.1, -0.05) is 11.6 Å². The van der Waals surface area contributed by atoms with Crippen molar-refractivity contribution in [3.8, 4) is 0 Å². The lowest BCUT2D eigenvalue weighted by Crippen LogP contribution is -2.31. The minimum absolute atomic E-state index is 0.224. The van der Waals surface area contributed by atoms with Crippen LogP contribution in [-0.2, 0) is 0 Å². The molecule has 0 spiro atoms. The van der Waals surface area contributed by atoms with E-state index in [4.69, 9.17) is 11.6 Å². The van der Waals surface area contributed by atoms with Crippen LogP contribution < -0.4 is 4.90 Å². The molecule has 0 aliphatic carbocycles. The molecule has 1 atom stereocenters. The number of nitrogens with zero attached hydrogens (tertiary/aromatic N) is 4. The summed E-state index contributed by atoms with van der Waals surface area (Å²) >= 11 is 6.06. The highest BCUT2D eigenvalue weighted by molar-refractivity contribution is 6.33. The fraction of sp³-hybridized carbons (Fsp3) is 0.643. The molecule has 0 radical (unpaired) electrons. The smallest absolute Gasteiger partial charge is 0.273 e. The van der Waals surface area contributed by atoms with Gasteiger partial charge in [-0.25, -0.2) is 9.97 Å². The van der Waals surface area contributed by atoms with Crippen LogP contribution in [0.4, 0.5) is 5.95 Å². The van der Waals surface area contributed by atoms with Gasteiger partial charge in [-0.2, -0.15) is 0 Å². The van der Waals surface area contributed by atoms with Gasteiger partial charge in [0.15, 0.2) is 5.69 Å². The van der Waals surface area contributed by atoms with E-state index in [2.05, 4.69) is 14.9 Å². The first kappa shape index (κ1) is 16.0. The second kappa shape index (κ2) is 7.04. The van der Waals surface area contributed by atoms with E-state index < -0.39 is 6.10 Å². The summed E-state index contributed by atoms with van der Waals surface area (Å²) in [5.74, 6) is 0.313. The SMILES string of the molecule is CC(O)CCN(C)C(=O)c1nc(N2CCCC2)ncc1Cl. The van der Waals surface area contributed by atoms with Gasteiger partial charge < -0.3 is 14.9 Å². The Morgan fingerprint density at radius 2 is 2.19 bits per heavy atom. The molecule has 1 aliphatic heterocycles. The standard InChI is InChI=1S/C14H21ClN4O2/c1-10(20)5-8-18(2)13(21)12-11(15)9-16-14(17-12)19-6-3-4-7-19/h9-10,20H,3-8H2,1-2H3. The van der Waals surface area contributed by atoms with Gasteiger partial charge in [0.05, 0.1) is 17.3 Å². The van der Waals surface area contributed by atoms with Gasteiger partial charge in [-0.3, -0.25) is 4.79 Å². The lowest BCUT2D eigenvalue weighted by Gasteiger charge is -2.20. The quantitative estimate of drug-likeness (QED) is 0.894. The third-order valence-electron chi connectivity index (χ3n) is 3.55. The second-order valence-corrected chi connectivity index (χ2v) is 5.83. The number of carbonyl (C=O) groups excluding carboxylic acids is 1. The number of rotatable bonds is 5. The fourth-order valence-corrected chi connectivity index (χ4v) is 2.41. The number of carbonyl (C=O) groups is 1. The summed E-state index contributed by atoms with van der Waals surface area (Å²) in [7, 11) is 1.68. The first-order valence-electron chi connectivity index (χ1n) is 7.20. The zero-order valence-electron chi connectivity index (χ0n) is 12.4. The molecule has 116 valence electrons. The third-order valence-corrected chi connectivity index (χ3v) is 3.83. The topological polar surface area (TPSA) is 69.6 Å². The van der Waals surface area contributed by atoms with Crippen molar-refractivity contribution in [2.24, 2.45) is 0 Å². The average molecular weight is 313 g/mol. The number of hydrogen-bond donors (Lipinski definition) is 1. The zero-order valence-corrected chi connectivity index (χ0v) is 13.2. The highest BCUT2D eigenvalue weighted by atomic mass is 35.5. The van der Waals surface area contributed by atoms with Crippen LogP contribution in [0, 0.1) is 0 Å². The van der Waals surface area contributed by atoms with E-state index >= 15 is 0 Å². The lowest BCUT2D eigenvalue weighted by atomic mass is 10.2. The van der Waals surface area contributed by atoms with Crippen molar-refractivity contribution in [3.05, 3.63) is 16.9 Å². The summed E-state index contributed by atoms with van der Waals surface area (Å²) in [4.78, 5) is 24.5. The predicted molar refractivity (Wildman–Crippen MR) is 81.7 cm³/mol. The first-order chi connectivity index (χ1) is 9.99. The van der Waals surface area contributed by atoms with Crippen LogP contribution in [0.1, 0.15) is 36.7 Å². The Balaban J connectivity index is 2.13. The van der Waals surface area contributed by atoms with Crippen LogP contribution in [-0.4, -0.2) is 58.7 Å². The summed E-state index contributed by atoms with van der Waals surface area (Å²) in [5.41, 5.74) is 0.224. The van der Waals surface area contributed by atoms with Crippen LogP contribution in [0.2, 0.25) is 5.02 Å². The average Bonchev–Trinajstić information content (AvgIpc) is 2.98. The monoisotopic (exact) mass is 312 g/mol. The van der Waals surface area contributed by atoms with Crippen molar-refractivity contribution in [1.82, 2.24) is 14.9 Å². The molecule has 2 heterocycles. The molecule has 1 fully saturated rings. The molecule has 1 aliphatic rings. The second-order valence-electron chi connectivity index (χ2n) is 5.43. The lowest BCUT2D eigenvalue weighted by molar-refractivity contribution is 0.0763. The summed E-state index contributed by atoms with van der Waals surface area (Å²) in [6.45, 7) is 3.97. The summed E-state index contributed by atoms with van der Waals surface area (Å²) in [6.07, 6.45) is 3.79. The van der Waals surface area contributed by atoms with Crippen molar-refractivity contribution >= 4 is 23.5 Å². The van der Waals surface area contributed by atoms with Crippen molar-refractivity contribution < 1.29 is 9.90 Å². The Labute approximate surface area is 129 Å². The largest absolute Gasteiger partial charge is 0.393 e. The van der Waals surface area contributed by atoms with Gasteiger partial charge in [0.1, 0.15) is 0 Å². The molecule has 0 saturated carbocycles. The minimum Gasteiger partial charge on any atom is -0.393 e. The molecular weight excluding hydrogens is 292 g/mol. The van der Waals surface area contributed by atoms with E-state index in [0.29, 0.717) is 18.9 Å². The van der Waals surface area contributed by atoms with Crippen molar-refractivity contribution in [3.63, 3.8) is 0 Å². The molecule has 0 bridgehead atoms. The number of hydrogen-bond acceptors (Lipinski definition) is 5. The van der Waals surface area contributed by atoms with E-state index in [9.17, 15) is 9.90 Å². The number of aliphatic hydroxyl groups is 1. The summed E-state index contributed by atoms with van der Waals surface area (Å²) < 4.78 is 0. The van der Waals surface area contributed by atoms with Crippen molar-refractivity contribution in [2.75, 3.05) is 31.6 Å². The van der Waals surface area contributed by atoms with E-state index in [0.717, 1.165) is 25.9 Å². The molecule has 1 unspecified atom stereocenters. The van der Waals surface area contributed by atoms with Crippen LogP contribution in [0.15, 0.2) is 6.20 Å². The first-order valence-corrected chi connectivity index (χ1v) is 7.58. The molecule has 1 aromatic rings. The number of amides is 1. The van der Waals surface area contributed by atoms with Gasteiger partial charge >= 0.3 is 0 Å². The number of anilines is 1. The molecule has 1 N–H and O–H groups in total. The fourth-order valence-electron chi connectivity index (χ4n) is 2.24. The van der Waals surface area contributed by atoms with E-state index in [1.807, 2.05) is 0 Å². The minimum atomic E-state index is -0.443. The summed E-state index contributed by atoms with van der Waals surface area (Å²) in [5, 5.41) is 9.56. The number of halogens is 1. The Morgan fingerprint density at radius 1 is 1.52 bits per heavy atom. The molecule has 1 aromatic heterocycles. The molecule has 21 heavy (non-hydrogen) atoms. The van der Waals surface area contributed by atoms with Crippen molar-refractivity contribution in [1.29, 1.82) is 0 Å². The molecule has 2 rings (SSSR count). The van der Waals surface area contributed by atoms with E-state index in [1.54, 1.807) is 14.0 Å². The van der Waals surface area contributed by atoms with Crippen LogP contribution in [0.3, 0.4) is 0 Å². The van der Waals surface area contributed by atoms with Gasteiger partial charge in [0.25, 0.3) is 5.91 Å². The molecular formula is C14H21ClN4O2. The maximum absolute atomic E-state index is 12.4. The van der Waals surface area contributed by atoms with E-state index in [-0.39, 0.29) is 16.6 Å². The van der Waals surface area contributed by atoms with E-state index in [1.165, 1.54) is 11.1 Å². The molecule has 6 nitrogen and oxygen atoms in total. The Morgan fingerprint density at radius 3 is 2.81 bits per heavy atom. The van der Waals surface area contributed by atoms with Gasteiger partial charge in [-0.05, 0) is 26.2 Å². The molecule has 7 heteroatoms. The molecule has 0 aromatic carbocycles. The Kier molecular flexibility index (Phi) is 5.36. The summed E-state index contributed by atoms with van der Waals surface area (Å²) in [6, 6.07) is 0. The maximum atomic E-state index is 12.4. The third kappa shape index (κ3) is 4.04. The van der Waals surface area contributed by atoms with Crippen LogP contribution in [0.5, 0.6) is 0 Å². The Hall–Kier alpha value is -1.40. The highest BCUT2D eigenvalue weighted by Gasteiger charge is 2.21. The van der Waals surface area contributed by atoms with Crippen molar-refractivity contribution in [2.45, 2.75) is 32.3 Å². The van der Waals surface area contributed by atoms with Gasteiger partial charge in [-0.15, -0.1) is 0 Å². The number of aromatic nitrogens is 2.